The average molecular weight is 268 g/mol. The number of benzene rings is 1. The molecule has 18 heavy (non-hydrogen) atoms. The Bertz CT molecular complexity index is 511. The highest BCUT2D eigenvalue weighted by Crippen LogP contribution is 2.18. The summed E-state index contributed by atoms with van der Waals surface area (Å²) in [6, 6.07) is 9.34. The van der Waals surface area contributed by atoms with Crippen molar-refractivity contribution in [1.29, 1.82) is 0 Å². The Kier molecular flexibility index (Phi) is 5.04. The van der Waals surface area contributed by atoms with E-state index in [2.05, 4.69) is 17.3 Å². The molecule has 4 nitrogen and oxygen atoms in total. The Balaban J connectivity index is 0.00000162. The second-order valence-electron chi connectivity index (χ2n) is 3.97. The predicted octanol–water partition coefficient (Wildman–Crippen LogP) is 2.95. The molecule has 0 saturated heterocycles. The van der Waals surface area contributed by atoms with Crippen LogP contribution in [0.4, 0.5) is 5.82 Å². The average Bonchev–Trinajstić information content (AvgIpc) is 2.69. The van der Waals surface area contributed by atoms with E-state index in [9.17, 15) is 5.11 Å². The summed E-state index contributed by atoms with van der Waals surface area (Å²) in [5.74, 6) is 1.30. The quantitative estimate of drug-likeness (QED) is 0.895. The van der Waals surface area contributed by atoms with Gasteiger partial charge in [-0.3, -0.25) is 0 Å². The minimum absolute atomic E-state index is 0. The fourth-order valence-corrected chi connectivity index (χ4v) is 1.77. The van der Waals surface area contributed by atoms with Gasteiger partial charge >= 0.3 is 0 Å². The summed E-state index contributed by atoms with van der Waals surface area (Å²) in [6.07, 6.45) is 0. The van der Waals surface area contributed by atoms with E-state index in [-0.39, 0.29) is 12.4 Å². The number of aromatic hydroxyl groups is 1. The molecular weight excluding hydrogens is 250 g/mol. The number of hydrogen-bond donors (Lipinski definition) is 2. The van der Waals surface area contributed by atoms with Crippen molar-refractivity contribution < 1.29 is 5.11 Å². The number of anilines is 1. The van der Waals surface area contributed by atoms with Gasteiger partial charge < -0.3 is 10.4 Å². The van der Waals surface area contributed by atoms with Gasteiger partial charge in [-0.15, -0.1) is 12.4 Å². The van der Waals surface area contributed by atoms with E-state index in [0.717, 1.165) is 23.6 Å². The first-order valence-electron chi connectivity index (χ1n) is 5.76. The number of aryl methyl sites for hydroxylation is 2. The highest BCUT2D eigenvalue weighted by Gasteiger charge is 2.04. The molecule has 0 aliphatic heterocycles. The van der Waals surface area contributed by atoms with Crippen molar-refractivity contribution in [2.75, 3.05) is 5.32 Å². The Hall–Kier alpha value is -1.68. The van der Waals surface area contributed by atoms with Crippen LogP contribution < -0.4 is 5.32 Å². The minimum Gasteiger partial charge on any atom is -0.508 e. The van der Waals surface area contributed by atoms with Crippen LogP contribution in [0.3, 0.4) is 0 Å². The number of halogens is 1. The largest absolute Gasteiger partial charge is 0.508 e. The molecule has 0 saturated carbocycles. The van der Waals surface area contributed by atoms with Gasteiger partial charge in [0.2, 0.25) is 0 Å². The molecule has 0 atom stereocenters. The van der Waals surface area contributed by atoms with Crippen molar-refractivity contribution in [2.24, 2.45) is 0 Å². The van der Waals surface area contributed by atoms with Crippen molar-refractivity contribution in [3.05, 3.63) is 41.6 Å². The summed E-state index contributed by atoms with van der Waals surface area (Å²) in [5, 5.41) is 17.3. The van der Waals surface area contributed by atoms with Crippen LogP contribution in [-0.2, 0) is 13.1 Å². The second-order valence-corrected chi connectivity index (χ2v) is 3.97. The number of phenolic OH excluding ortho intramolecular Hbond substituents is 1. The SMILES string of the molecule is CCn1nc(C)cc1NCc1ccccc1O.Cl. The van der Waals surface area contributed by atoms with Gasteiger partial charge in [-0.05, 0) is 19.9 Å². The number of nitrogens with one attached hydrogen (secondary N) is 1. The predicted molar refractivity (Wildman–Crippen MR) is 75.3 cm³/mol. The minimum atomic E-state index is 0. The van der Waals surface area contributed by atoms with Crippen LogP contribution in [0.15, 0.2) is 30.3 Å². The number of hydrogen-bond acceptors (Lipinski definition) is 3. The second kappa shape index (κ2) is 6.31. The van der Waals surface area contributed by atoms with E-state index in [1.165, 1.54) is 0 Å². The molecule has 98 valence electrons. The number of rotatable bonds is 4. The summed E-state index contributed by atoms with van der Waals surface area (Å²) < 4.78 is 1.91. The summed E-state index contributed by atoms with van der Waals surface area (Å²) in [4.78, 5) is 0. The van der Waals surface area contributed by atoms with Crippen molar-refractivity contribution >= 4 is 18.2 Å². The maximum absolute atomic E-state index is 9.66. The van der Waals surface area contributed by atoms with E-state index < -0.39 is 0 Å². The Labute approximate surface area is 113 Å². The maximum atomic E-state index is 9.66. The van der Waals surface area contributed by atoms with Gasteiger partial charge in [0.25, 0.3) is 0 Å². The molecule has 5 heteroatoms. The van der Waals surface area contributed by atoms with Crippen LogP contribution in [0.2, 0.25) is 0 Å². The third-order valence-electron chi connectivity index (χ3n) is 2.65. The summed E-state index contributed by atoms with van der Waals surface area (Å²) in [5.41, 5.74) is 1.88. The highest BCUT2D eigenvalue weighted by molar-refractivity contribution is 5.85. The van der Waals surface area contributed by atoms with E-state index in [1.807, 2.05) is 35.9 Å². The Morgan fingerprint density at radius 3 is 2.72 bits per heavy atom. The van der Waals surface area contributed by atoms with Gasteiger partial charge in [0, 0.05) is 24.7 Å². The molecular formula is C13H18ClN3O. The van der Waals surface area contributed by atoms with Crippen LogP contribution >= 0.6 is 12.4 Å². The molecule has 2 N–H and O–H groups in total. The fourth-order valence-electron chi connectivity index (χ4n) is 1.77. The van der Waals surface area contributed by atoms with Crippen molar-refractivity contribution in [2.45, 2.75) is 26.9 Å². The smallest absolute Gasteiger partial charge is 0.124 e. The van der Waals surface area contributed by atoms with E-state index in [4.69, 9.17) is 0 Å². The Morgan fingerprint density at radius 2 is 2.06 bits per heavy atom. The van der Waals surface area contributed by atoms with Crippen LogP contribution in [0.5, 0.6) is 5.75 Å². The zero-order valence-corrected chi connectivity index (χ0v) is 11.4. The summed E-state index contributed by atoms with van der Waals surface area (Å²) in [7, 11) is 0. The third-order valence-corrected chi connectivity index (χ3v) is 2.65. The van der Waals surface area contributed by atoms with Crippen LogP contribution in [-0.4, -0.2) is 14.9 Å². The first kappa shape index (κ1) is 14.4. The topological polar surface area (TPSA) is 50.1 Å². The molecule has 1 aromatic heterocycles. The van der Waals surface area contributed by atoms with Crippen LogP contribution in [0.25, 0.3) is 0 Å². The molecule has 0 spiro atoms. The standard InChI is InChI=1S/C13H17N3O.ClH/c1-3-16-13(8-10(2)15-16)14-9-11-6-4-5-7-12(11)17;/h4-8,14,17H,3,9H2,1-2H3;1H. The zero-order valence-electron chi connectivity index (χ0n) is 10.6. The monoisotopic (exact) mass is 267 g/mol. The molecule has 0 radical (unpaired) electrons. The molecule has 2 aromatic rings. The number of phenols is 1. The molecule has 0 bridgehead atoms. The molecule has 0 fully saturated rings. The molecule has 0 unspecified atom stereocenters. The zero-order chi connectivity index (χ0) is 12.3. The van der Waals surface area contributed by atoms with Crippen molar-refractivity contribution in [3.63, 3.8) is 0 Å². The Morgan fingerprint density at radius 1 is 1.33 bits per heavy atom. The van der Waals surface area contributed by atoms with E-state index >= 15 is 0 Å². The first-order valence-corrected chi connectivity index (χ1v) is 5.76. The molecule has 1 heterocycles. The van der Waals surface area contributed by atoms with Crippen molar-refractivity contribution in [3.8, 4) is 5.75 Å². The summed E-state index contributed by atoms with van der Waals surface area (Å²) in [6.45, 7) is 5.45. The number of aromatic nitrogens is 2. The van der Waals surface area contributed by atoms with Gasteiger partial charge in [0.1, 0.15) is 11.6 Å². The molecule has 2 rings (SSSR count). The van der Waals surface area contributed by atoms with Gasteiger partial charge in [0.05, 0.1) is 5.69 Å². The number of nitrogens with zero attached hydrogens (tertiary/aromatic N) is 2. The van der Waals surface area contributed by atoms with Gasteiger partial charge in [0.15, 0.2) is 0 Å². The lowest BCUT2D eigenvalue weighted by Crippen LogP contribution is -2.06. The lowest BCUT2D eigenvalue weighted by Gasteiger charge is -2.09. The molecule has 0 amide bonds. The van der Waals surface area contributed by atoms with E-state index in [1.54, 1.807) is 6.07 Å². The van der Waals surface area contributed by atoms with E-state index in [0.29, 0.717) is 12.3 Å². The summed E-state index contributed by atoms with van der Waals surface area (Å²) >= 11 is 0. The highest BCUT2D eigenvalue weighted by atomic mass is 35.5. The normalized spacial score (nSPS) is 9.89. The van der Waals surface area contributed by atoms with Crippen LogP contribution in [0, 0.1) is 6.92 Å². The maximum Gasteiger partial charge on any atom is 0.124 e. The lowest BCUT2D eigenvalue weighted by molar-refractivity contribution is 0.469. The third kappa shape index (κ3) is 3.17. The fraction of sp³-hybridized carbons (Fsp3) is 0.308. The molecule has 0 aliphatic carbocycles. The number of para-hydroxylation sites is 1. The van der Waals surface area contributed by atoms with Crippen molar-refractivity contribution in [1.82, 2.24) is 9.78 Å². The van der Waals surface area contributed by atoms with Gasteiger partial charge in [-0.1, -0.05) is 18.2 Å². The van der Waals surface area contributed by atoms with Gasteiger partial charge in [-0.2, -0.15) is 5.10 Å². The lowest BCUT2D eigenvalue weighted by atomic mass is 10.2. The first-order chi connectivity index (χ1) is 8.20. The van der Waals surface area contributed by atoms with Gasteiger partial charge in [-0.25, -0.2) is 4.68 Å². The molecule has 1 aromatic carbocycles. The van der Waals surface area contributed by atoms with Crippen LogP contribution in [0.1, 0.15) is 18.2 Å². The molecule has 0 aliphatic rings.